The van der Waals surface area contributed by atoms with E-state index in [2.05, 4.69) is 9.98 Å². The SMILES string of the molecule is NC(N)=NC1=NC(=O)C(=Cc2cccc(-c3cc(F)c(O)c(C45CC6CC(CC(C6)C4)C5)c3)c2)S1. The van der Waals surface area contributed by atoms with Gasteiger partial charge >= 0.3 is 0 Å². The maximum atomic E-state index is 15.1. The zero-order chi connectivity index (χ0) is 24.3. The van der Waals surface area contributed by atoms with Crippen LogP contribution in [0.1, 0.15) is 49.7 Å². The fourth-order valence-corrected chi connectivity index (χ4v) is 7.93. The van der Waals surface area contributed by atoms with Gasteiger partial charge in [0, 0.05) is 5.56 Å². The molecule has 1 amide bonds. The van der Waals surface area contributed by atoms with E-state index < -0.39 is 11.7 Å². The lowest BCUT2D eigenvalue weighted by Gasteiger charge is -2.57. The summed E-state index contributed by atoms with van der Waals surface area (Å²) in [5.74, 6) is 0.747. The average molecular weight is 491 g/mol. The molecule has 4 fully saturated rings. The molecule has 5 N–H and O–H groups in total. The first kappa shape index (κ1) is 22.3. The molecule has 2 aromatic carbocycles. The standard InChI is InChI=1S/C27H27FN4O2S/c28-21-10-19(9-20(23(21)33)27-11-15-4-16(12-27)6-17(5-15)13-27)18-3-1-2-14(7-18)8-22-24(34)31-26(35-22)32-25(29)30/h1-3,7-10,15-17,33H,4-6,11-13H2,(H4,29,30,31,32,34). The van der Waals surface area contributed by atoms with Crippen LogP contribution < -0.4 is 11.5 Å². The minimum absolute atomic E-state index is 0.124. The summed E-state index contributed by atoms with van der Waals surface area (Å²) < 4.78 is 15.1. The maximum Gasteiger partial charge on any atom is 0.286 e. The topological polar surface area (TPSA) is 114 Å². The smallest absolute Gasteiger partial charge is 0.286 e. The summed E-state index contributed by atoms with van der Waals surface area (Å²) in [5, 5.41) is 11.0. The van der Waals surface area contributed by atoms with E-state index in [0.717, 1.165) is 53.3 Å². The van der Waals surface area contributed by atoms with Crippen molar-refractivity contribution in [1.82, 2.24) is 0 Å². The number of aliphatic imine (C=N–C) groups is 2. The number of guanidine groups is 1. The zero-order valence-corrected chi connectivity index (χ0v) is 20.0. The molecule has 4 bridgehead atoms. The monoisotopic (exact) mass is 490 g/mol. The highest BCUT2D eigenvalue weighted by Crippen LogP contribution is 2.62. The van der Waals surface area contributed by atoms with Crippen LogP contribution in [0.15, 0.2) is 51.3 Å². The number of thioether (sulfide) groups is 1. The molecule has 0 unspecified atom stereocenters. The minimum Gasteiger partial charge on any atom is -0.505 e. The first-order valence-corrected chi connectivity index (χ1v) is 12.9. The van der Waals surface area contributed by atoms with Gasteiger partial charge in [0.2, 0.25) is 0 Å². The molecule has 1 aliphatic heterocycles. The van der Waals surface area contributed by atoms with Gasteiger partial charge in [-0.1, -0.05) is 18.2 Å². The highest BCUT2D eigenvalue weighted by Gasteiger charge is 2.52. The molecule has 2 aromatic rings. The molecule has 0 spiro atoms. The van der Waals surface area contributed by atoms with Crippen LogP contribution >= 0.6 is 11.8 Å². The van der Waals surface area contributed by atoms with E-state index in [0.29, 0.717) is 22.7 Å². The van der Waals surface area contributed by atoms with Crippen LogP contribution in [0.5, 0.6) is 5.75 Å². The maximum absolute atomic E-state index is 15.1. The minimum atomic E-state index is -0.575. The largest absolute Gasteiger partial charge is 0.505 e. The molecule has 5 aliphatic rings. The summed E-state index contributed by atoms with van der Waals surface area (Å²) in [7, 11) is 0. The number of phenolic OH excluding ortho intramolecular Hbond substituents is 1. The lowest BCUT2D eigenvalue weighted by molar-refractivity contribution is -0.113. The van der Waals surface area contributed by atoms with E-state index in [4.69, 9.17) is 11.5 Å². The predicted molar refractivity (Wildman–Crippen MR) is 137 cm³/mol. The summed E-state index contributed by atoms with van der Waals surface area (Å²) in [6.45, 7) is 0. The number of hydrogen-bond donors (Lipinski definition) is 3. The number of nitrogens with two attached hydrogens (primary N) is 2. The third-order valence-electron chi connectivity index (χ3n) is 8.02. The number of carbonyl (C=O) groups excluding carboxylic acids is 1. The lowest BCUT2D eigenvalue weighted by atomic mass is 9.48. The van der Waals surface area contributed by atoms with Crippen molar-refractivity contribution in [3.05, 3.63) is 58.2 Å². The van der Waals surface area contributed by atoms with Crippen molar-refractivity contribution in [2.75, 3.05) is 0 Å². The molecule has 0 atom stereocenters. The number of amidine groups is 1. The van der Waals surface area contributed by atoms with E-state index in [1.165, 1.54) is 25.3 Å². The van der Waals surface area contributed by atoms with Crippen LogP contribution in [-0.4, -0.2) is 22.1 Å². The molecule has 180 valence electrons. The molecule has 35 heavy (non-hydrogen) atoms. The Morgan fingerprint density at radius 2 is 1.77 bits per heavy atom. The molecule has 1 heterocycles. The van der Waals surface area contributed by atoms with Crippen molar-refractivity contribution in [2.45, 2.75) is 43.9 Å². The van der Waals surface area contributed by atoms with Gasteiger partial charge in [-0.2, -0.15) is 9.98 Å². The Hall–Kier alpha value is -3.13. The predicted octanol–water partition coefficient (Wildman–Crippen LogP) is 4.91. The van der Waals surface area contributed by atoms with Crippen LogP contribution in [0.2, 0.25) is 0 Å². The third-order valence-corrected chi connectivity index (χ3v) is 8.90. The quantitative estimate of drug-likeness (QED) is 0.321. The Bertz CT molecular complexity index is 1290. The van der Waals surface area contributed by atoms with Crippen molar-refractivity contribution >= 4 is 34.9 Å². The Balaban J connectivity index is 1.34. The van der Waals surface area contributed by atoms with E-state index in [-0.39, 0.29) is 22.3 Å². The number of rotatable bonds is 3. The van der Waals surface area contributed by atoms with E-state index in [9.17, 15) is 9.90 Å². The molecule has 8 heteroatoms. The summed E-state index contributed by atoms with van der Waals surface area (Å²) in [4.78, 5) is 20.4. The summed E-state index contributed by atoms with van der Waals surface area (Å²) >= 11 is 1.10. The van der Waals surface area contributed by atoms with Crippen LogP contribution in [0.4, 0.5) is 4.39 Å². The fourth-order valence-electron chi connectivity index (χ4n) is 7.13. The van der Waals surface area contributed by atoms with E-state index in [1.54, 1.807) is 6.08 Å². The van der Waals surface area contributed by atoms with Gasteiger partial charge in [0.25, 0.3) is 5.91 Å². The highest BCUT2D eigenvalue weighted by molar-refractivity contribution is 8.18. The van der Waals surface area contributed by atoms with Gasteiger partial charge in [-0.3, -0.25) is 4.79 Å². The molecule has 0 aromatic heterocycles. The first-order chi connectivity index (χ1) is 16.8. The van der Waals surface area contributed by atoms with Gasteiger partial charge in [0.1, 0.15) is 0 Å². The van der Waals surface area contributed by atoms with Crippen molar-refractivity contribution in [1.29, 1.82) is 0 Å². The molecule has 6 nitrogen and oxygen atoms in total. The van der Waals surface area contributed by atoms with E-state index >= 15 is 4.39 Å². The first-order valence-electron chi connectivity index (χ1n) is 12.0. The Morgan fingerprint density at radius 1 is 1.09 bits per heavy atom. The molecule has 0 saturated heterocycles. The van der Waals surface area contributed by atoms with Gasteiger partial charge in [-0.25, -0.2) is 4.39 Å². The number of carbonyl (C=O) groups is 1. The highest BCUT2D eigenvalue weighted by atomic mass is 32.2. The second-order valence-corrected chi connectivity index (χ2v) is 11.5. The van der Waals surface area contributed by atoms with Gasteiger partial charge < -0.3 is 16.6 Å². The third kappa shape index (κ3) is 4.03. The lowest BCUT2D eigenvalue weighted by Crippen LogP contribution is -2.48. The summed E-state index contributed by atoms with van der Waals surface area (Å²) in [6, 6.07) is 11.0. The molecule has 4 saturated carbocycles. The normalized spacial score (nSPS) is 30.1. The number of aromatic hydroxyl groups is 1. The van der Waals surface area contributed by atoms with Crippen LogP contribution in [0.25, 0.3) is 17.2 Å². The van der Waals surface area contributed by atoms with Gasteiger partial charge in [-0.15, -0.1) is 0 Å². The Labute approximate surface area is 207 Å². The van der Waals surface area contributed by atoms with Crippen molar-refractivity contribution in [3.63, 3.8) is 0 Å². The van der Waals surface area contributed by atoms with Crippen LogP contribution in [-0.2, 0) is 10.2 Å². The summed E-state index contributed by atoms with van der Waals surface area (Å²) in [5.41, 5.74) is 13.8. The number of halogens is 1. The molecular weight excluding hydrogens is 463 g/mol. The molecule has 0 radical (unpaired) electrons. The second-order valence-electron chi connectivity index (χ2n) is 10.5. The fraction of sp³-hybridized carbons (Fsp3) is 0.370. The second kappa shape index (κ2) is 8.22. The number of nitrogens with zero attached hydrogens (tertiary/aromatic N) is 2. The van der Waals surface area contributed by atoms with E-state index in [1.807, 2.05) is 30.3 Å². The van der Waals surface area contributed by atoms with Crippen molar-refractivity contribution in [3.8, 4) is 16.9 Å². The molecule has 4 aliphatic carbocycles. The van der Waals surface area contributed by atoms with Crippen molar-refractivity contribution < 1.29 is 14.3 Å². The number of hydrogen-bond acceptors (Lipinski definition) is 4. The number of amides is 1. The van der Waals surface area contributed by atoms with Gasteiger partial charge in [0.05, 0.1) is 4.91 Å². The average Bonchev–Trinajstić information content (AvgIpc) is 3.12. The number of phenols is 1. The van der Waals surface area contributed by atoms with Crippen LogP contribution in [0, 0.1) is 23.6 Å². The number of benzene rings is 2. The van der Waals surface area contributed by atoms with Gasteiger partial charge in [-0.05, 0) is 114 Å². The zero-order valence-electron chi connectivity index (χ0n) is 19.2. The molecule has 7 rings (SSSR count). The molecular formula is C27H27FN4O2S. The Morgan fingerprint density at radius 3 is 2.43 bits per heavy atom. The van der Waals surface area contributed by atoms with Crippen LogP contribution in [0.3, 0.4) is 0 Å². The van der Waals surface area contributed by atoms with Gasteiger partial charge in [0.15, 0.2) is 22.7 Å². The summed E-state index contributed by atoms with van der Waals surface area (Å²) in [6.07, 6.45) is 8.70. The Kier molecular flexibility index (Phi) is 5.25. The van der Waals surface area contributed by atoms with Crippen molar-refractivity contribution in [2.24, 2.45) is 39.2 Å².